The van der Waals surface area contributed by atoms with E-state index >= 15 is 0 Å². The van der Waals surface area contributed by atoms with Crippen LogP contribution in [0.5, 0.6) is 0 Å². The monoisotopic (exact) mass is 1030 g/mol. The van der Waals surface area contributed by atoms with Crippen LogP contribution >= 0.6 is 0 Å². The molecule has 1 aromatic rings. The number of carbonyl (C=O) groups is 9. The summed E-state index contributed by atoms with van der Waals surface area (Å²) in [6.45, 7) is 8.51. The number of amides is 9. The number of hydrogen-bond acceptors (Lipinski definition) is 14. The first-order chi connectivity index (χ1) is 34.8. The lowest BCUT2D eigenvalue weighted by molar-refractivity contribution is -0.136. The normalized spacial score (nSPS) is 23.2. The Morgan fingerprint density at radius 2 is 1.07 bits per heavy atom. The standard InChI is InChI=1S/C50H87N13O10/c1-6-7-8-9-13-16-33(64)28-42(65)56-41(29-54)50(73)60-37-20-24-55-43(66)38(25-30(2)3)61-45(68)35(18-22-52)57-44(67)34(17-21-51)59-49(72)40(27-32-14-11-10-12-15-32)63-48(71)39(26-31(4)5)62-46(69)36(19-23-53)58-47(37)70/h10-12,14-15,30-31,33-41,64H,6-9,13,16-29,51-54H2,1-5H3,(H,55,66)(H,56,65)(H,57,67)(H,58,70)(H,59,72)(H,60,73)(H,61,68)(H,62,69)(H,63,71)/t33-,34+,35+,36+,37+,38+,39-,40+,41-/m1/s1. The molecule has 0 bridgehead atoms. The summed E-state index contributed by atoms with van der Waals surface area (Å²) in [4.78, 5) is 125. The minimum atomic E-state index is -1.47. The van der Waals surface area contributed by atoms with Crippen LogP contribution in [0, 0.1) is 11.8 Å². The van der Waals surface area contributed by atoms with E-state index in [-0.39, 0.29) is 89.4 Å². The third kappa shape index (κ3) is 24.2. The number of rotatable bonds is 24. The van der Waals surface area contributed by atoms with Gasteiger partial charge in [-0.25, -0.2) is 0 Å². The summed E-state index contributed by atoms with van der Waals surface area (Å²) >= 11 is 0. The summed E-state index contributed by atoms with van der Waals surface area (Å²) in [5, 5.41) is 34.5. The maximum absolute atomic E-state index is 14.3. The Morgan fingerprint density at radius 3 is 1.56 bits per heavy atom. The van der Waals surface area contributed by atoms with Crippen molar-refractivity contribution < 1.29 is 48.3 Å². The lowest BCUT2D eigenvalue weighted by atomic mass is 10.00. The highest BCUT2D eigenvalue weighted by molar-refractivity contribution is 5.98. The smallest absolute Gasteiger partial charge is 0.244 e. The zero-order chi connectivity index (χ0) is 54.5. The number of carbonyl (C=O) groups excluding carboxylic acids is 9. The predicted octanol–water partition coefficient (Wildman–Crippen LogP) is -2.16. The van der Waals surface area contributed by atoms with Gasteiger partial charge in [0.1, 0.15) is 48.3 Å². The van der Waals surface area contributed by atoms with Gasteiger partial charge in [0.25, 0.3) is 0 Å². The van der Waals surface area contributed by atoms with Crippen molar-refractivity contribution in [2.75, 3.05) is 32.7 Å². The number of aliphatic hydroxyl groups is 1. The van der Waals surface area contributed by atoms with Gasteiger partial charge in [-0.3, -0.25) is 43.2 Å². The Balaban J connectivity index is 2.64. The van der Waals surface area contributed by atoms with Crippen LogP contribution in [0.4, 0.5) is 0 Å². The molecule has 412 valence electrons. The van der Waals surface area contributed by atoms with E-state index in [9.17, 15) is 48.3 Å². The highest BCUT2D eigenvalue weighted by Crippen LogP contribution is 2.13. The number of nitrogens with two attached hydrogens (primary N) is 4. The summed E-state index contributed by atoms with van der Waals surface area (Å²) in [5.41, 5.74) is 24.3. The van der Waals surface area contributed by atoms with Gasteiger partial charge in [0.05, 0.1) is 12.5 Å². The molecule has 1 aliphatic heterocycles. The zero-order valence-corrected chi connectivity index (χ0v) is 43.6. The molecule has 18 N–H and O–H groups in total. The number of nitrogens with one attached hydrogen (secondary N) is 9. The fraction of sp³-hybridized carbons (Fsp3) is 0.700. The fourth-order valence-corrected chi connectivity index (χ4v) is 8.19. The summed E-state index contributed by atoms with van der Waals surface area (Å²) in [7, 11) is 0. The third-order valence-corrected chi connectivity index (χ3v) is 12.2. The van der Waals surface area contributed by atoms with Crippen LogP contribution in [0.15, 0.2) is 30.3 Å². The van der Waals surface area contributed by atoms with Crippen molar-refractivity contribution in [3.63, 3.8) is 0 Å². The minimum absolute atomic E-state index is 0.0377. The van der Waals surface area contributed by atoms with Gasteiger partial charge in [0.2, 0.25) is 53.2 Å². The second-order valence-electron chi connectivity index (χ2n) is 19.6. The maximum atomic E-state index is 14.3. The van der Waals surface area contributed by atoms with Crippen molar-refractivity contribution in [3.05, 3.63) is 35.9 Å². The topological polar surface area (TPSA) is 386 Å². The van der Waals surface area contributed by atoms with Gasteiger partial charge in [0.15, 0.2) is 0 Å². The first kappa shape index (κ1) is 63.4. The Hall–Kier alpha value is -5.75. The first-order valence-electron chi connectivity index (χ1n) is 26.0. The molecule has 0 aromatic heterocycles. The molecule has 23 nitrogen and oxygen atoms in total. The van der Waals surface area contributed by atoms with Gasteiger partial charge in [-0.05, 0) is 82.0 Å². The number of unbranched alkanes of at least 4 members (excludes halogenated alkanes) is 4. The van der Waals surface area contributed by atoms with Crippen molar-refractivity contribution in [3.8, 4) is 0 Å². The molecule has 73 heavy (non-hydrogen) atoms. The fourth-order valence-electron chi connectivity index (χ4n) is 8.19. The van der Waals surface area contributed by atoms with Crippen LogP contribution in [0.2, 0.25) is 0 Å². The van der Waals surface area contributed by atoms with E-state index in [0.717, 1.165) is 32.1 Å². The molecule has 1 saturated heterocycles. The molecular weight excluding hydrogens is 943 g/mol. The molecular formula is C50H87N13O10. The molecule has 1 heterocycles. The van der Waals surface area contributed by atoms with Crippen molar-refractivity contribution >= 4 is 53.2 Å². The second kappa shape index (κ2) is 34.6. The summed E-state index contributed by atoms with van der Waals surface area (Å²) < 4.78 is 0. The third-order valence-electron chi connectivity index (χ3n) is 12.2. The summed E-state index contributed by atoms with van der Waals surface area (Å²) in [6.07, 6.45) is 3.56. The van der Waals surface area contributed by atoms with Gasteiger partial charge in [-0.1, -0.05) is 97.1 Å². The molecule has 2 rings (SSSR count). The van der Waals surface area contributed by atoms with Crippen LogP contribution in [-0.4, -0.2) is 145 Å². The first-order valence-corrected chi connectivity index (χ1v) is 26.0. The summed E-state index contributed by atoms with van der Waals surface area (Å²) in [6, 6.07) is -1.69. The van der Waals surface area contributed by atoms with Crippen LogP contribution < -0.4 is 70.8 Å². The highest BCUT2D eigenvalue weighted by Gasteiger charge is 2.35. The van der Waals surface area contributed by atoms with Gasteiger partial charge in [-0.2, -0.15) is 0 Å². The number of benzene rings is 1. The van der Waals surface area contributed by atoms with E-state index in [1.54, 1.807) is 30.3 Å². The minimum Gasteiger partial charge on any atom is -0.393 e. The Morgan fingerprint density at radius 1 is 0.616 bits per heavy atom. The lowest BCUT2D eigenvalue weighted by Crippen LogP contribution is -2.61. The second-order valence-corrected chi connectivity index (χ2v) is 19.6. The SMILES string of the molecule is CCCCCCC[C@@H](O)CC(=O)N[C@H](CN)C(=O)N[C@H]1CCNC(=O)[C@H](CC(C)C)NC(=O)[C@H](CCN)NC(=O)[C@H](CCN)NC(=O)[C@H](Cc2ccccc2)NC(=O)[C@@H](CC(C)C)NC(=O)[C@H](CCN)NC1=O. The maximum Gasteiger partial charge on any atom is 0.244 e. The molecule has 9 atom stereocenters. The number of aliphatic hydroxyl groups excluding tert-OH is 1. The van der Waals surface area contributed by atoms with E-state index in [1.165, 1.54) is 0 Å². The molecule has 0 radical (unpaired) electrons. The van der Waals surface area contributed by atoms with Crippen molar-refractivity contribution in [2.45, 2.75) is 179 Å². The molecule has 1 aliphatic rings. The van der Waals surface area contributed by atoms with Gasteiger partial charge >= 0.3 is 0 Å². The van der Waals surface area contributed by atoms with E-state index < -0.39 is 114 Å². The quantitative estimate of drug-likeness (QED) is 0.0491. The summed E-state index contributed by atoms with van der Waals surface area (Å²) in [5.74, 6) is -7.22. The molecule has 0 spiro atoms. The van der Waals surface area contributed by atoms with Crippen molar-refractivity contribution in [1.82, 2.24) is 47.9 Å². The van der Waals surface area contributed by atoms with Crippen LogP contribution in [0.3, 0.4) is 0 Å². The Labute approximate surface area is 430 Å². The molecule has 0 aliphatic carbocycles. The Kier molecular flexibility index (Phi) is 30.1. The van der Waals surface area contributed by atoms with Gasteiger partial charge in [-0.15, -0.1) is 0 Å². The van der Waals surface area contributed by atoms with E-state index in [0.29, 0.717) is 12.0 Å². The van der Waals surface area contributed by atoms with Crippen LogP contribution in [0.25, 0.3) is 0 Å². The van der Waals surface area contributed by atoms with Crippen LogP contribution in [-0.2, 0) is 49.6 Å². The molecule has 1 aromatic carbocycles. The molecule has 9 amide bonds. The van der Waals surface area contributed by atoms with E-state index in [4.69, 9.17) is 22.9 Å². The molecule has 0 saturated carbocycles. The molecule has 1 fully saturated rings. The van der Waals surface area contributed by atoms with Gasteiger partial charge in [0, 0.05) is 19.5 Å². The zero-order valence-electron chi connectivity index (χ0n) is 43.6. The lowest BCUT2D eigenvalue weighted by Gasteiger charge is -2.28. The average molecular weight is 1030 g/mol. The molecule has 0 unspecified atom stereocenters. The number of hydrogen-bond donors (Lipinski definition) is 14. The molecule has 23 heteroatoms. The average Bonchev–Trinajstić information content (AvgIpc) is 3.33. The van der Waals surface area contributed by atoms with Crippen molar-refractivity contribution in [1.29, 1.82) is 0 Å². The largest absolute Gasteiger partial charge is 0.393 e. The highest BCUT2D eigenvalue weighted by atomic mass is 16.3. The Bertz CT molecular complexity index is 1910. The van der Waals surface area contributed by atoms with Crippen molar-refractivity contribution in [2.24, 2.45) is 34.8 Å². The predicted molar refractivity (Wildman–Crippen MR) is 276 cm³/mol. The van der Waals surface area contributed by atoms with E-state index in [2.05, 4.69) is 54.8 Å². The van der Waals surface area contributed by atoms with E-state index in [1.807, 2.05) is 27.7 Å². The van der Waals surface area contributed by atoms with Gasteiger partial charge < -0.3 is 75.9 Å². The van der Waals surface area contributed by atoms with Crippen LogP contribution in [0.1, 0.15) is 124 Å².